The Hall–Kier alpha value is -2.95. The van der Waals surface area contributed by atoms with Gasteiger partial charge in [-0.25, -0.2) is 9.37 Å². The van der Waals surface area contributed by atoms with Crippen LogP contribution in [0.5, 0.6) is 0 Å². The Kier molecular flexibility index (Phi) is 3.47. The molecule has 0 atom stereocenters. The third kappa shape index (κ3) is 3.14. The Morgan fingerprint density at radius 1 is 0.905 bits per heavy atom. The topological polar surface area (TPSA) is 63.8 Å². The van der Waals surface area contributed by atoms with Gasteiger partial charge in [0.2, 0.25) is 5.95 Å². The van der Waals surface area contributed by atoms with Gasteiger partial charge < -0.3 is 11.1 Å². The molecule has 3 rings (SSSR count). The molecule has 0 fully saturated rings. The summed E-state index contributed by atoms with van der Waals surface area (Å²) in [5, 5.41) is 3.07. The highest BCUT2D eigenvalue weighted by molar-refractivity contribution is 5.65. The van der Waals surface area contributed by atoms with Crippen LogP contribution in [0.2, 0.25) is 0 Å². The lowest BCUT2D eigenvalue weighted by molar-refractivity contribution is 0.628. The molecule has 1 aromatic heterocycles. The van der Waals surface area contributed by atoms with Gasteiger partial charge in [-0.15, -0.1) is 0 Å². The van der Waals surface area contributed by atoms with E-state index in [0.717, 1.165) is 5.69 Å². The first-order valence-corrected chi connectivity index (χ1v) is 6.43. The molecule has 0 radical (unpaired) electrons. The van der Waals surface area contributed by atoms with Crippen LogP contribution in [0.3, 0.4) is 0 Å². The maximum Gasteiger partial charge on any atom is 0.229 e. The molecule has 0 spiro atoms. The summed E-state index contributed by atoms with van der Waals surface area (Å²) < 4.78 is 13.3. The number of hydrogen-bond acceptors (Lipinski definition) is 4. The minimum atomic E-state index is -0.317. The van der Waals surface area contributed by atoms with Crippen LogP contribution in [0, 0.1) is 5.82 Å². The third-order valence-electron chi connectivity index (χ3n) is 2.90. The van der Waals surface area contributed by atoms with Gasteiger partial charge in [-0.1, -0.05) is 30.3 Å². The number of nitrogen functional groups attached to an aromatic ring is 1. The maximum absolute atomic E-state index is 13.3. The average molecular weight is 280 g/mol. The van der Waals surface area contributed by atoms with Crippen molar-refractivity contribution in [2.75, 3.05) is 11.1 Å². The predicted octanol–water partition coefficient (Wildman–Crippen LogP) is 3.61. The number of nitrogens with zero attached hydrogens (tertiary/aromatic N) is 2. The number of nitrogens with two attached hydrogens (primary N) is 1. The number of aromatic nitrogens is 2. The molecule has 0 bridgehead atoms. The molecule has 3 aromatic rings. The van der Waals surface area contributed by atoms with E-state index >= 15 is 0 Å². The molecule has 0 saturated heterocycles. The summed E-state index contributed by atoms with van der Waals surface area (Å²) in [5.41, 5.74) is 7.88. The Labute approximate surface area is 121 Å². The summed E-state index contributed by atoms with van der Waals surface area (Å²) in [5.74, 6) is 0.380. The molecule has 2 aromatic carbocycles. The van der Waals surface area contributed by atoms with Crippen molar-refractivity contribution < 1.29 is 4.39 Å². The van der Waals surface area contributed by atoms with Crippen molar-refractivity contribution in [3.05, 3.63) is 66.5 Å². The second-order valence-electron chi connectivity index (χ2n) is 4.50. The lowest BCUT2D eigenvalue weighted by Gasteiger charge is -2.08. The van der Waals surface area contributed by atoms with E-state index in [0.29, 0.717) is 23.0 Å². The van der Waals surface area contributed by atoms with Crippen molar-refractivity contribution in [1.29, 1.82) is 0 Å². The van der Waals surface area contributed by atoms with Crippen LogP contribution in [0.4, 0.5) is 21.8 Å². The summed E-state index contributed by atoms with van der Waals surface area (Å²) >= 11 is 0. The molecular formula is C16H13FN4. The van der Waals surface area contributed by atoms with Gasteiger partial charge >= 0.3 is 0 Å². The van der Waals surface area contributed by atoms with Crippen molar-refractivity contribution in [1.82, 2.24) is 9.97 Å². The Morgan fingerprint density at radius 3 is 2.48 bits per heavy atom. The number of hydrogen-bond donors (Lipinski definition) is 2. The second-order valence-corrected chi connectivity index (χ2v) is 4.50. The fraction of sp³-hybridized carbons (Fsp3) is 0. The minimum Gasteiger partial charge on any atom is -0.384 e. The van der Waals surface area contributed by atoms with Crippen LogP contribution in [-0.4, -0.2) is 9.97 Å². The van der Waals surface area contributed by atoms with E-state index in [4.69, 9.17) is 5.73 Å². The van der Waals surface area contributed by atoms with Crippen LogP contribution in [0.1, 0.15) is 0 Å². The smallest absolute Gasteiger partial charge is 0.229 e. The van der Waals surface area contributed by atoms with Gasteiger partial charge in [0, 0.05) is 17.3 Å². The second kappa shape index (κ2) is 5.58. The van der Waals surface area contributed by atoms with Crippen LogP contribution in [0.15, 0.2) is 60.7 Å². The van der Waals surface area contributed by atoms with Crippen LogP contribution in [-0.2, 0) is 0 Å². The van der Waals surface area contributed by atoms with E-state index in [1.54, 1.807) is 18.2 Å². The molecular weight excluding hydrogens is 267 g/mol. The first-order valence-electron chi connectivity index (χ1n) is 6.43. The molecule has 104 valence electrons. The Balaban J connectivity index is 1.97. The monoisotopic (exact) mass is 280 g/mol. The molecule has 0 aliphatic rings. The molecule has 0 aliphatic carbocycles. The molecule has 0 amide bonds. The number of rotatable bonds is 3. The number of nitrogens with one attached hydrogen (secondary N) is 1. The normalized spacial score (nSPS) is 10.3. The van der Waals surface area contributed by atoms with Crippen molar-refractivity contribution in [3.63, 3.8) is 0 Å². The summed E-state index contributed by atoms with van der Waals surface area (Å²) in [6, 6.07) is 17.3. The summed E-state index contributed by atoms with van der Waals surface area (Å²) in [7, 11) is 0. The first-order chi connectivity index (χ1) is 10.2. The molecule has 0 aliphatic heterocycles. The predicted molar refractivity (Wildman–Crippen MR) is 81.6 cm³/mol. The third-order valence-corrected chi connectivity index (χ3v) is 2.90. The Bertz CT molecular complexity index is 759. The molecule has 3 N–H and O–H groups in total. The standard InChI is InChI=1S/C16H13FN4/c17-12-6-4-5-11(9-12)14-10-15(18)21-16(20-14)19-13-7-2-1-3-8-13/h1-10H,(H3,18,19,20,21). The lowest BCUT2D eigenvalue weighted by atomic mass is 10.1. The fourth-order valence-corrected chi connectivity index (χ4v) is 1.97. The minimum absolute atomic E-state index is 0.317. The van der Waals surface area contributed by atoms with Crippen LogP contribution >= 0.6 is 0 Å². The van der Waals surface area contributed by atoms with E-state index in [9.17, 15) is 4.39 Å². The zero-order chi connectivity index (χ0) is 14.7. The molecule has 5 heteroatoms. The van der Waals surface area contributed by atoms with Crippen molar-refractivity contribution >= 4 is 17.5 Å². The van der Waals surface area contributed by atoms with Gasteiger partial charge in [-0.3, -0.25) is 0 Å². The van der Waals surface area contributed by atoms with E-state index in [1.165, 1.54) is 12.1 Å². The summed E-state index contributed by atoms with van der Waals surface area (Å²) in [6.07, 6.45) is 0. The highest BCUT2D eigenvalue weighted by atomic mass is 19.1. The zero-order valence-electron chi connectivity index (χ0n) is 11.1. The van der Waals surface area contributed by atoms with Crippen molar-refractivity contribution in [2.45, 2.75) is 0 Å². The van der Waals surface area contributed by atoms with E-state index in [1.807, 2.05) is 30.3 Å². The maximum atomic E-state index is 13.3. The highest BCUT2D eigenvalue weighted by Gasteiger charge is 2.06. The van der Waals surface area contributed by atoms with Crippen LogP contribution in [0.25, 0.3) is 11.3 Å². The molecule has 1 heterocycles. The highest BCUT2D eigenvalue weighted by Crippen LogP contribution is 2.22. The molecule has 21 heavy (non-hydrogen) atoms. The summed E-state index contributed by atoms with van der Waals surface area (Å²) in [6.45, 7) is 0. The van der Waals surface area contributed by atoms with E-state index in [2.05, 4.69) is 15.3 Å². The van der Waals surface area contributed by atoms with E-state index < -0.39 is 0 Å². The number of anilines is 3. The average Bonchev–Trinajstić information content (AvgIpc) is 2.48. The quantitative estimate of drug-likeness (QED) is 0.769. The number of benzene rings is 2. The van der Waals surface area contributed by atoms with Gasteiger partial charge in [-0.05, 0) is 24.3 Å². The number of halogens is 1. The molecule has 0 unspecified atom stereocenters. The lowest BCUT2D eigenvalue weighted by Crippen LogP contribution is -2.01. The van der Waals surface area contributed by atoms with Crippen molar-refractivity contribution in [3.8, 4) is 11.3 Å². The fourth-order valence-electron chi connectivity index (χ4n) is 1.97. The first kappa shape index (κ1) is 13.1. The van der Waals surface area contributed by atoms with E-state index in [-0.39, 0.29) is 5.82 Å². The van der Waals surface area contributed by atoms with Gasteiger partial charge in [0.15, 0.2) is 0 Å². The zero-order valence-corrected chi connectivity index (χ0v) is 11.1. The molecule has 0 saturated carbocycles. The van der Waals surface area contributed by atoms with Crippen molar-refractivity contribution in [2.24, 2.45) is 0 Å². The SMILES string of the molecule is Nc1cc(-c2cccc(F)c2)nc(Nc2ccccc2)n1. The largest absolute Gasteiger partial charge is 0.384 e. The van der Waals surface area contributed by atoms with Gasteiger partial charge in [0.25, 0.3) is 0 Å². The van der Waals surface area contributed by atoms with Gasteiger partial charge in [0.05, 0.1) is 5.69 Å². The molecule has 4 nitrogen and oxygen atoms in total. The number of para-hydroxylation sites is 1. The van der Waals surface area contributed by atoms with Gasteiger partial charge in [0.1, 0.15) is 11.6 Å². The summed E-state index contributed by atoms with van der Waals surface area (Å²) in [4.78, 5) is 8.51. The Morgan fingerprint density at radius 2 is 1.71 bits per heavy atom. The van der Waals surface area contributed by atoms with Crippen LogP contribution < -0.4 is 11.1 Å². The van der Waals surface area contributed by atoms with Gasteiger partial charge in [-0.2, -0.15) is 4.98 Å².